The highest BCUT2D eigenvalue weighted by Crippen LogP contribution is 2.23. The van der Waals surface area contributed by atoms with Crippen molar-refractivity contribution in [3.05, 3.63) is 40.6 Å². The van der Waals surface area contributed by atoms with Crippen LogP contribution in [0.15, 0.2) is 18.2 Å². The van der Waals surface area contributed by atoms with Gasteiger partial charge in [0.2, 0.25) is 0 Å². The van der Waals surface area contributed by atoms with Gasteiger partial charge in [-0.3, -0.25) is 4.98 Å². The van der Waals surface area contributed by atoms with Crippen LogP contribution in [0.25, 0.3) is 10.9 Å². The van der Waals surface area contributed by atoms with Crippen LogP contribution in [0.2, 0.25) is 0 Å². The zero-order valence-corrected chi connectivity index (χ0v) is 12.5. The van der Waals surface area contributed by atoms with E-state index < -0.39 is 0 Å². The summed E-state index contributed by atoms with van der Waals surface area (Å²) in [4.78, 5) is 16.1. The fraction of sp³-hybridized carbons (Fsp3) is 0.375. The summed E-state index contributed by atoms with van der Waals surface area (Å²) in [5.74, 6) is -0.310. The molecule has 0 fully saturated rings. The molecule has 0 spiro atoms. The van der Waals surface area contributed by atoms with Crippen LogP contribution in [0, 0.1) is 20.8 Å². The van der Waals surface area contributed by atoms with Crippen LogP contribution in [0.1, 0.15) is 41.0 Å². The summed E-state index contributed by atoms with van der Waals surface area (Å²) in [5.41, 5.74) is 4.64. The molecule has 0 unspecified atom stereocenters. The number of hydrogen-bond acceptors (Lipinski definition) is 3. The monoisotopic (exact) mass is 259 g/mol. The van der Waals surface area contributed by atoms with Gasteiger partial charge in [-0.2, -0.15) is 0 Å². The number of esters is 1. The highest BCUT2D eigenvalue weighted by Gasteiger charge is 2.11. The smallest absolute Gasteiger partial charge is 0.337 e. The number of fused-ring (bicyclic) bond motifs is 1. The second kappa shape index (κ2) is 6.32. The number of carbonyl (C=O) groups excluding carboxylic acids is 1. The average Bonchev–Trinajstić information content (AvgIpc) is 2.41. The lowest BCUT2D eigenvalue weighted by molar-refractivity contribution is 0.0601. The van der Waals surface area contributed by atoms with Crippen molar-refractivity contribution in [2.24, 2.45) is 0 Å². The van der Waals surface area contributed by atoms with Crippen molar-refractivity contribution in [1.82, 2.24) is 4.98 Å². The number of nitrogens with zero attached hydrogens (tertiary/aromatic N) is 1. The molecule has 0 N–H and O–H groups in total. The minimum Gasteiger partial charge on any atom is -0.465 e. The topological polar surface area (TPSA) is 39.2 Å². The van der Waals surface area contributed by atoms with Crippen molar-refractivity contribution < 1.29 is 9.53 Å². The number of pyridine rings is 1. The summed E-state index contributed by atoms with van der Waals surface area (Å²) in [6.07, 6.45) is 0. The van der Waals surface area contributed by atoms with E-state index in [0.717, 1.165) is 27.7 Å². The Bertz CT molecular complexity index is 603. The van der Waals surface area contributed by atoms with E-state index in [-0.39, 0.29) is 5.97 Å². The molecule has 1 aromatic heterocycles. The lowest BCUT2D eigenvalue weighted by atomic mass is 10.0. The van der Waals surface area contributed by atoms with Crippen LogP contribution in [-0.2, 0) is 4.74 Å². The first kappa shape index (κ1) is 15.2. The Morgan fingerprint density at radius 1 is 1.05 bits per heavy atom. The zero-order chi connectivity index (χ0) is 14.6. The lowest BCUT2D eigenvalue weighted by Gasteiger charge is -2.08. The molecule has 0 atom stereocenters. The third kappa shape index (κ3) is 3.11. The number of carbonyl (C=O) groups is 1. The molecule has 2 aromatic rings. The average molecular weight is 259 g/mol. The van der Waals surface area contributed by atoms with Gasteiger partial charge in [-0.15, -0.1) is 0 Å². The van der Waals surface area contributed by atoms with E-state index >= 15 is 0 Å². The minimum atomic E-state index is -0.310. The molecule has 0 saturated heterocycles. The molecule has 2 rings (SSSR count). The number of aromatic nitrogens is 1. The summed E-state index contributed by atoms with van der Waals surface area (Å²) in [5, 5.41) is 1.01. The van der Waals surface area contributed by atoms with Crippen LogP contribution in [0.3, 0.4) is 0 Å². The first-order valence-electron chi connectivity index (χ1n) is 6.50. The zero-order valence-electron chi connectivity index (χ0n) is 12.5. The van der Waals surface area contributed by atoms with Crippen molar-refractivity contribution in [2.45, 2.75) is 34.6 Å². The van der Waals surface area contributed by atoms with E-state index in [4.69, 9.17) is 4.74 Å². The van der Waals surface area contributed by atoms with E-state index in [9.17, 15) is 4.79 Å². The molecule has 0 aliphatic carbocycles. The second-order valence-corrected chi connectivity index (χ2v) is 4.26. The predicted molar refractivity (Wildman–Crippen MR) is 78.6 cm³/mol. The molecular formula is C16H21NO2. The molecule has 0 radical (unpaired) electrons. The molecule has 3 nitrogen and oxygen atoms in total. The Labute approximate surface area is 114 Å². The molecule has 3 heteroatoms. The minimum absolute atomic E-state index is 0.310. The summed E-state index contributed by atoms with van der Waals surface area (Å²) in [6, 6.07) is 5.68. The van der Waals surface area contributed by atoms with Gasteiger partial charge in [0.15, 0.2) is 0 Å². The molecule has 0 bridgehead atoms. The second-order valence-electron chi connectivity index (χ2n) is 4.26. The molecule has 102 valence electrons. The third-order valence-corrected chi connectivity index (χ3v) is 2.86. The normalized spacial score (nSPS) is 9.79. The first-order chi connectivity index (χ1) is 9.02. The summed E-state index contributed by atoms with van der Waals surface area (Å²) in [7, 11) is 1.39. The fourth-order valence-electron chi connectivity index (χ4n) is 2.06. The Hall–Kier alpha value is -1.90. The summed E-state index contributed by atoms with van der Waals surface area (Å²) in [6.45, 7) is 9.96. The maximum Gasteiger partial charge on any atom is 0.337 e. The highest BCUT2D eigenvalue weighted by atomic mass is 16.5. The molecule has 1 heterocycles. The fourth-order valence-corrected chi connectivity index (χ4v) is 2.06. The Kier molecular flexibility index (Phi) is 5.04. The number of ether oxygens (including phenoxy) is 1. The number of rotatable bonds is 1. The molecule has 0 amide bonds. The first-order valence-corrected chi connectivity index (χ1v) is 6.50. The number of aryl methyl sites for hydroxylation is 3. The Balaban J connectivity index is 0.000000861. The molecular weight excluding hydrogens is 238 g/mol. The van der Waals surface area contributed by atoms with E-state index in [2.05, 4.69) is 4.98 Å². The van der Waals surface area contributed by atoms with Crippen LogP contribution >= 0.6 is 0 Å². The van der Waals surface area contributed by atoms with Crippen molar-refractivity contribution in [3.63, 3.8) is 0 Å². The molecule has 0 aliphatic heterocycles. The van der Waals surface area contributed by atoms with Crippen LogP contribution < -0.4 is 0 Å². The van der Waals surface area contributed by atoms with Gasteiger partial charge < -0.3 is 4.74 Å². The Morgan fingerprint density at radius 3 is 2.26 bits per heavy atom. The summed E-state index contributed by atoms with van der Waals surface area (Å²) < 4.78 is 4.74. The van der Waals surface area contributed by atoms with E-state index in [1.807, 2.05) is 52.8 Å². The Morgan fingerprint density at radius 2 is 1.68 bits per heavy atom. The van der Waals surface area contributed by atoms with Gasteiger partial charge in [-0.1, -0.05) is 13.8 Å². The quantitative estimate of drug-likeness (QED) is 0.727. The van der Waals surface area contributed by atoms with E-state index in [1.54, 1.807) is 0 Å². The molecule has 0 saturated carbocycles. The third-order valence-electron chi connectivity index (χ3n) is 2.86. The van der Waals surface area contributed by atoms with Crippen molar-refractivity contribution >= 4 is 16.9 Å². The van der Waals surface area contributed by atoms with Crippen molar-refractivity contribution in [3.8, 4) is 0 Å². The predicted octanol–water partition coefficient (Wildman–Crippen LogP) is 3.97. The highest BCUT2D eigenvalue weighted by molar-refractivity contribution is 5.96. The van der Waals surface area contributed by atoms with E-state index in [0.29, 0.717) is 5.56 Å². The van der Waals surface area contributed by atoms with Crippen LogP contribution in [0.4, 0.5) is 0 Å². The van der Waals surface area contributed by atoms with Gasteiger partial charge >= 0.3 is 5.97 Å². The maximum absolute atomic E-state index is 11.5. The molecule has 1 aromatic carbocycles. The largest absolute Gasteiger partial charge is 0.465 e. The van der Waals surface area contributed by atoms with Gasteiger partial charge in [0.25, 0.3) is 0 Å². The number of hydrogen-bond donors (Lipinski definition) is 0. The maximum atomic E-state index is 11.5. The van der Waals surface area contributed by atoms with Crippen molar-refractivity contribution in [2.75, 3.05) is 7.11 Å². The standard InChI is InChI=1S/C14H15NO2.C2H6/c1-8-5-10(3)15-13-9(2)6-11(7-12(8)13)14(16)17-4;1-2/h5-7H,1-4H3;1-2H3. The lowest BCUT2D eigenvalue weighted by Crippen LogP contribution is -2.02. The number of benzene rings is 1. The van der Waals surface area contributed by atoms with E-state index in [1.165, 1.54) is 7.11 Å². The van der Waals surface area contributed by atoms with Gasteiger partial charge in [0.05, 0.1) is 18.2 Å². The van der Waals surface area contributed by atoms with Crippen LogP contribution in [0.5, 0.6) is 0 Å². The SMILES string of the molecule is CC.COC(=O)c1cc(C)c2nc(C)cc(C)c2c1. The summed E-state index contributed by atoms with van der Waals surface area (Å²) >= 11 is 0. The van der Waals surface area contributed by atoms with Gasteiger partial charge in [-0.25, -0.2) is 4.79 Å². The van der Waals surface area contributed by atoms with Gasteiger partial charge in [0.1, 0.15) is 0 Å². The number of methoxy groups -OCH3 is 1. The van der Waals surface area contributed by atoms with Crippen LogP contribution in [-0.4, -0.2) is 18.1 Å². The molecule has 19 heavy (non-hydrogen) atoms. The molecule has 0 aliphatic rings. The van der Waals surface area contributed by atoms with Gasteiger partial charge in [-0.05, 0) is 50.1 Å². The van der Waals surface area contributed by atoms with Gasteiger partial charge in [0, 0.05) is 11.1 Å². The van der Waals surface area contributed by atoms with Crippen molar-refractivity contribution in [1.29, 1.82) is 0 Å².